The van der Waals surface area contributed by atoms with E-state index in [1.165, 1.54) is 19.3 Å². The maximum Gasteiger partial charge on any atom is 0.293 e. The highest BCUT2D eigenvalue weighted by Gasteiger charge is 2.19. The second-order valence-electron chi connectivity index (χ2n) is 6.41. The molecule has 1 atom stereocenters. The van der Waals surface area contributed by atoms with E-state index in [1.807, 2.05) is 0 Å². The van der Waals surface area contributed by atoms with E-state index in [2.05, 4.69) is 15.7 Å². The molecule has 1 aromatic carbocycles. The van der Waals surface area contributed by atoms with Crippen LogP contribution in [0, 0.1) is 5.82 Å². The van der Waals surface area contributed by atoms with Crippen molar-refractivity contribution in [3.8, 4) is 0 Å². The molecule has 1 aliphatic rings. The van der Waals surface area contributed by atoms with Crippen molar-refractivity contribution in [1.82, 2.24) is 15.6 Å². The number of likely N-dealkylation sites (N-methyl/N-ethyl adjacent to an activating group) is 1. The molecule has 0 saturated heterocycles. The van der Waals surface area contributed by atoms with Gasteiger partial charge in [0.15, 0.2) is 5.11 Å². The number of benzene rings is 1. The van der Waals surface area contributed by atoms with Crippen molar-refractivity contribution in [2.45, 2.75) is 13.0 Å². The molecule has 2 N–H and O–H groups in total. The zero-order chi connectivity index (χ0) is 21.4. The molecule has 0 aliphatic carbocycles. The number of halogens is 1. The SMILES string of the molecule is CNC(=S)N1CCN(c2ccc(N(C)CC(CNC(C)=O)OC=O)cc2F)C=N1. The number of anilines is 2. The van der Waals surface area contributed by atoms with Gasteiger partial charge in [-0.1, -0.05) is 0 Å². The van der Waals surface area contributed by atoms with Crippen molar-refractivity contribution < 1.29 is 18.7 Å². The molecule has 0 spiro atoms. The highest BCUT2D eigenvalue weighted by molar-refractivity contribution is 7.80. The first-order valence-electron chi connectivity index (χ1n) is 9.00. The van der Waals surface area contributed by atoms with Crippen molar-refractivity contribution in [1.29, 1.82) is 0 Å². The standard InChI is InChI=1S/C18H25FN6O3S/c1-13(27)21-9-15(28-12-26)10-23(3)14-4-5-17(16(19)8-14)24-6-7-25(22-11-24)18(29)20-2/h4-5,8,11-12,15H,6-7,9-10H2,1-3H3,(H,20,29)(H,21,27). The predicted octanol–water partition coefficient (Wildman–Crippen LogP) is 0.509. The number of hydrogen-bond acceptors (Lipinski definition) is 7. The number of amides is 1. The van der Waals surface area contributed by atoms with Crippen LogP contribution >= 0.6 is 12.2 Å². The minimum Gasteiger partial charge on any atom is -0.461 e. The van der Waals surface area contributed by atoms with Crippen molar-refractivity contribution in [2.24, 2.45) is 5.10 Å². The van der Waals surface area contributed by atoms with Crippen LogP contribution in [0.25, 0.3) is 0 Å². The first-order chi connectivity index (χ1) is 13.8. The molecule has 0 radical (unpaired) electrons. The molecule has 1 aromatic rings. The van der Waals surface area contributed by atoms with Crippen LogP contribution in [-0.4, -0.2) is 75.2 Å². The summed E-state index contributed by atoms with van der Waals surface area (Å²) in [5.74, 6) is -0.625. The summed E-state index contributed by atoms with van der Waals surface area (Å²) >= 11 is 5.14. The van der Waals surface area contributed by atoms with Gasteiger partial charge in [0, 0.05) is 33.3 Å². The molecule has 29 heavy (non-hydrogen) atoms. The van der Waals surface area contributed by atoms with E-state index in [-0.39, 0.29) is 12.5 Å². The van der Waals surface area contributed by atoms with Gasteiger partial charge in [0.25, 0.3) is 6.47 Å². The van der Waals surface area contributed by atoms with Crippen LogP contribution < -0.4 is 20.4 Å². The lowest BCUT2D eigenvalue weighted by molar-refractivity contribution is -0.134. The van der Waals surface area contributed by atoms with E-state index in [1.54, 1.807) is 41.0 Å². The third-order valence-electron chi connectivity index (χ3n) is 4.32. The number of rotatable bonds is 8. The van der Waals surface area contributed by atoms with Crippen LogP contribution in [0.3, 0.4) is 0 Å². The van der Waals surface area contributed by atoms with E-state index in [4.69, 9.17) is 17.0 Å². The van der Waals surface area contributed by atoms with Crippen LogP contribution in [0.15, 0.2) is 23.3 Å². The average molecular weight is 425 g/mol. The summed E-state index contributed by atoms with van der Waals surface area (Å²) in [5, 5.41) is 11.8. The van der Waals surface area contributed by atoms with Gasteiger partial charge in [-0.2, -0.15) is 5.10 Å². The molecule has 1 amide bonds. The maximum absolute atomic E-state index is 14.7. The Hall–Kier alpha value is -2.95. The van der Waals surface area contributed by atoms with Gasteiger partial charge in [-0.3, -0.25) is 9.59 Å². The first kappa shape index (κ1) is 22.3. The quantitative estimate of drug-likeness (QED) is 0.461. The second-order valence-corrected chi connectivity index (χ2v) is 6.80. The summed E-state index contributed by atoms with van der Waals surface area (Å²) in [5.41, 5.74) is 1.01. The Kier molecular flexibility index (Phi) is 8.13. The molecule has 1 heterocycles. The number of carbonyl (C=O) groups excluding carboxylic acids is 2. The van der Waals surface area contributed by atoms with Crippen LogP contribution in [-0.2, 0) is 14.3 Å². The highest BCUT2D eigenvalue weighted by Crippen LogP contribution is 2.25. The number of carbonyl (C=O) groups is 2. The third kappa shape index (κ3) is 6.28. The van der Waals surface area contributed by atoms with Crippen molar-refractivity contribution in [3.63, 3.8) is 0 Å². The highest BCUT2D eigenvalue weighted by atomic mass is 32.1. The van der Waals surface area contributed by atoms with Crippen LogP contribution in [0.1, 0.15) is 6.92 Å². The number of ether oxygens (including phenoxy) is 1. The Balaban J connectivity index is 2.05. The summed E-state index contributed by atoms with van der Waals surface area (Å²) in [7, 11) is 3.47. The third-order valence-corrected chi connectivity index (χ3v) is 4.73. The largest absolute Gasteiger partial charge is 0.461 e. The normalized spacial score (nSPS) is 14.2. The Bertz CT molecular complexity index is 778. The molecule has 0 saturated carbocycles. The van der Waals surface area contributed by atoms with E-state index in [0.717, 1.165) is 0 Å². The Morgan fingerprint density at radius 2 is 2.24 bits per heavy atom. The number of nitrogens with one attached hydrogen (secondary N) is 2. The van der Waals surface area contributed by atoms with E-state index >= 15 is 0 Å². The van der Waals surface area contributed by atoms with Gasteiger partial charge in [-0.05, 0) is 30.4 Å². The summed E-state index contributed by atoms with van der Waals surface area (Å²) in [6.45, 7) is 3.25. The molecule has 1 aliphatic heterocycles. The fourth-order valence-corrected chi connectivity index (χ4v) is 2.92. The van der Waals surface area contributed by atoms with Gasteiger partial charge in [-0.25, -0.2) is 9.40 Å². The van der Waals surface area contributed by atoms with E-state index in [0.29, 0.717) is 42.6 Å². The average Bonchev–Trinajstić information content (AvgIpc) is 2.71. The zero-order valence-electron chi connectivity index (χ0n) is 16.6. The monoisotopic (exact) mass is 424 g/mol. The minimum atomic E-state index is -0.555. The van der Waals surface area contributed by atoms with E-state index in [9.17, 15) is 14.0 Å². The minimum absolute atomic E-state index is 0.175. The van der Waals surface area contributed by atoms with Crippen LogP contribution in [0.4, 0.5) is 15.8 Å². The molecular weight excluding hydrogens is 399 g/mol. The van der Waals surface area contributed by atoms with Crippen molar-refractivity contribution in [3.05, 3.63) is 24.0 Å². The number of hydrazone groups is 1. The van der Waals surface area contributed by atoms with Gasteiger partial charge >= 0.3 is 0 Å². The van der Waals surface area contributed by atoms with Gasteiger partial charge < -0.3 is 25.2 Å². The fraction of sp³-hybridized carbons (Fsp3) is 0.444. The summed E-state index contributed by atoms with van der Waals surface area (Å²) in [6.07, 6.45) is 0.983. The van der Waals surface area contributed by atoms with Gasteiger partial charge in [0.05, 0.1) is 25.3 Å². The Morgan fingerprint density at radius 3 is 2.79 bits per heavy atom. The number of thiocarbonyl (C=S) groups is 1. The Morgan fingerprint density at radius 1 is 1.48 bits per heavy atom. The maximum atomic E-state index is 14.7. The topological polar surface area (TPSA) is 89.5 Å². The number of nitrogens with zero attached hydrogens (tertiary/aromatic N) is 4. The van der Waals surface area contributed by atoms with Crippen LogP contribution in [0.2, 0.25) is 0 Å². The lowest BCUT2D eigenvalue weighted by atomic mass is 10.2. The smallest absolute Gasteiger partial charge is 0.293 e. The lowest BCUT2D eigenvalue weighted by Crippen LogP contribution is -2.44. The molecule has 0 aromatic heterocycles. The molecule has 11 heteroatoms. The lowest BCUT2D eigenvalue weighted by Gasteiger charge is -2.30. The fourth-order valence-electron chi connectivity index (χ4n) is 2.78. The molecule has 0 fully saturated rings. The van der Waals surface area contributed by atoms with Gasteiger partial charge in [-0.15, -0.1) is 0 Å². The van der Waals surface area contributed by atoms with E-state index < -0.39 is 11.9 Å². The molecule has 1 unspecified atom stereocenters. The Labute approximate surface area is 174 Å². The molecule has 0 bridgehead atoms. The summed E-state index contributed by atoms with van der Waals surface area (Å²) < 4.78 is 19.7. The first-order valence-corrected chi connectivity index (χ1v) is 9.40. The van der Waals surface area contributed by atoms with Crippen molar-refractivity contribution in [2.75, 3.05) is 50.1 Å². The molecule has 2 rings (SSSR count). The van der Waals surface area contributed by atoms with Gasteiger partial charge in [0.1, 0.15) is 18.3 Å². The second kappa shape index (κ2) is 10.6. The molecular formula is C18H25FN6O3S. The zero-order valence-corrected chi connectivity index (χ0v) is 17.4. The molecule has 9 nitrogen and oxygen atoms in total. The predicted molar refractivity (Wildman–Crippen MR) is 113 cm³/mol. The van der Waals surface area contributed by atoms with Crippen molar-refractivity contribution >= 4 is 47.4 Å². The van der Waals surface area contributed by atoms with Gasteiger partial charge in [0.2, 0.25) is 5.91 Å². The summed E-state index contributed by atoms with van der Waals surface area (Å²) in [6, 6.07) is 4.85. The number of hydrogen-bond donors (Lipinski definition) is 2. The van der Waals surface area contributed by atoms with Crippen LogP contribution in [0.5, 0.6) is 0 Å². The summed E-state index contributed by atoms with van der Waals surface area (Å²) in [4.78, 5) is 25.2. The molecule has 158 valence electrons.